The average Bonchev–Trinajstić information content (AvgIpc) is 1.81. The van der Waals surface area contributed by atoms with Gasteiger partial charge < -0.3 is 14.7 Å². The van der Waals surface area contributed by atoms with Gasteiger partial charge in [0.05, 0.1) is 5.71 Å². The third-order valence-electron chi connectivity index (χ3n) is 0.649. The minimum Gasteiger partial charge on any atom is -0.490 e. The van der Waals surface area contributed by atoms with Crippen molar-refractivity contribution in [2.75, 3.05) is 7.11 Å². The van der Waals surface area contributed by atoms with Gasteiger partial charge in [-0.25, -0.2) is 0 Å². The van der Waals surface area contributed by atoms with Gasteiger partial charge in [-0.3, -0.25) is 4.79 Å². The maximum absolute atomic E-state index is 10.3. The van der Waals surface area contributed by atoms with E-state index >= 15 is 0 Å². The van der Waals surface area contributed by atoms with Gasteiger partial charge in [0.25, 0.3) is 5.97 Å². The summed E-state index contributed by atoms with van der Waals surface area (Å²) in [5.41, 5.74) is -0.706. The smallest absolute Gasteiger partial charge is 0.276 e. The van der Waals surface area contributed by atoms with E-state index in [1.54, 1.807) is 0 Å². The number of carboxylic acid groups (broad SMARTS) is 1. The Hall–Kier alpha value is -0.416. The zero-order valence-corrected chi connectivity index (χ0v) is 8.74. The molecule has 0 saturated heterocycles. The molecule has 0 spiro atoms. The molecule has 0 unspecified atom stereocenters. The third-order valence-corrected chi connectivity index (χ3v) is 0.649. The number of carbonyl (C=O) groups excluding carboxylic acids is 1. The SMILES string of the molecule is [CH2-]C(=O)/C(=N/OC)C(=O)O.[Y]. The summed E-state index contributed by atoms with van der Waals surface area (Å²) in [7, 11) is 1.14. The molecule has 0 bridgehead atoms. The Morgan fingerprint density at radius 3 is 2.09 bits per heavy atom. The van der Waals surface area contributed by atoms with Crippen molar-refractivity contribution in [2.24, 2.45) is 5.16 Å². The number of aliphatic carboxylic acids is 1. The van der Waals surface area contributed by atoms with Gasteiger partial charge in [0.15, 0.2) is 0 Å². The van der Waals surface area contributed by atoms with Crippen LogP contribution in [-0.2, 0) is 47.1 Å². The van der Waals surface area contributed by atoms with Gasteiger partial charge in [-0.2, -0.15) is 12.1 Å². The van der Waals surface area contributed by atoms with Gasteiger partial charge in [-0.15, -0.1) is 0 Å². The van der Waals surface area contributed by atoms with Crippen LogP contribution < -0.4 is 0 Å². The minimum absolute atomic E-state index is 0. The molecule has 1 N–H and O–H groups in total. The first-order chi connectivity index (χ1) is 4.59. The minimum atomic E-state index is -1.44. The van der Waals surface area contributed by atoms with Gasteiger partial charge >= 0.3 is 0 Å². The molecule has 1 radical (unpaired) electrons. The fourth-order valence-electron chi connectivity index (χ4n) is 0.301. The maximum atomic E-state index is 10.3. The number of hydrogen-bond donors (Lipinski definition) is 1. The summed E-state index contributed by atoms with van der Waals surface area (Å²) in [5, 5.41) is 11.1. The number of ketones is 1. The van der Waals surface area contributed by atoms with Crippen LogP contribution in [0.25, 0.3) is 0 Å². The van der Waals surface area contributed by atoms with Crippen LogP contribution in [0.3, 0.4) is 0 Å². The van der Waals surface area contributed by atoms with E-state index in [0.29, 0.717) is 0 Å². The topological polar surface area (TPSA) is 76.0 Å². The van der Waals surface area contributed by atoms with Crippen molar-refractivity contribution in [1.82, 2.24) is 0 Å². The van der Waals surface area contributed by atoms with Crippen LogP contribution in [0.4, 0.5) is 0 Å². The first-order valence-corrected chi connectivity index (χ1v) is 2.30. The summed E-state index contributed by atoms with van der Waals surface area (Å²) < 4.78 is 0. The molecule has 0 aliphatic rings. The van der Waals surface area contributed by atoms with E-state index in [9.17, 15) is 9.59 Å². The summed E-state index contributed by atoms with van der Waals surface area (Å²) >= 11 is 0. The Kier molecular flexibility index (Phi) is 7.56. The van der Waals surface area contributed by atoms with Crippen molar-refractivity contribution in [3.05, 3.63) is 6.92 Å². The zero-order valence-electron chi connectivity index (χ0n) is 5.90. The number of rotatable bonds is 3. The Labute approximate surface area is 88.7 Å². The second kappa shape index (κ2) is 6.30. The van der Waals surface area contributed by atoms with Crippen molar-refractivity contribution < 1.29 is 52.2 Å². The largest absolute Gasteiger partial charge is 0.490 e. The molecule has 0 fully saturated rings. The summed E-state index contributed by atoms with van der Waals surface area (Å²) in [4.78, 5) is 24.4. The van der Waals surface area contributed by atoms with Crippen LogP contribution in [0.1, 0.15) is 0 Å². The summed E-state index contributed by atoms with van der Waals surface area (Å²) in [6.07, 6.45) is 0. The predicted octanol–water partition coefficient (Wildman–Crippen LogP) is -0.526. The molecule has 0 aromatic heterocycles. The number of carboxylic acids is 1. The van der Waals surface area contributed by atoms with Crippen molar-refractivity contribution >= 4 is 17.5 Å². The number of nitrogens with zero attached hydrogens (tertiary/aromatic N) is 1. The number of oxime groups is 1. The summed E-state index contributed by atoms with van der Waals surface area (Å²) in [6, 6.07) is 0. The normalized spacial score (nSPS) is 9.73. The molecule has 0 atom stereocenters. The Morgan fingerprint density at radius 2 is 2.00 bits per heavy atom. The van der Waals surface area contributed by atoms with Gasteiger partial charge in [0, 0.05) is 38.5 Å². The molecule has 5 nitrogen and oxygen atoms in total. The molecule has 0 saturated carbocycles. The second-order valence-corrected chi connectivity index (χ2v) is 1.35. The quantitative estimate of drug-likeness (QED) is 0.308. The molecule has 11 heavy (non-hydrogen) atoms. The van der Waals surface area contributed by atoms with Crippen LogP contribution in [0.5, 0.6) is 0 Å². The van der Waals surface area contributed by atoms with Crippen LogP contribution in [0.2, 0.25) is 0 Å². The number of Topliss-reactive ketones (excluding diaryl/α,β-unsaturated/α-hetero) is 1. The van der Waals surface area contributed by atoms with Crippen LogP contribution in [0.15, 0.2) is 5.16 Å². The first-order valence-electron chi connectivity index (χ1n) is 2.30. The number of hydrogen-bond acceptors (Lipinski definition) is 4. The van der Waals surface area contributed by atoms with Crippen molar-refractivity contribution in [2.45, 2.75) is 0 Å². The fraction of sp³-hybridized carbons (Fsp3) is 0.200. The Bertz CT molecular complexity index is 173. The van der Waals surface area contributed by atoms with Gasteiger partial charge in [0.1, 0.15) is 7.11 Å². The van der Waals surface area contributed by atoms with Crippen molar-refractivity contribution in [3.8, 4) is 0 Å². The molecule has 0 aliphatic carbocycles. The molecule has 0 aromatic carbocycles. The predicted molar refractivity (Wildman–Crippen MR) is 32.4 cm³/mol. The van der Waals surface area contributed by atoms with Crippen LogP contribution in [0, 0.1) is 6.92 Å². The molecular weight excluding hydrogens is 227 g/mol. The monoisotopic (exact) mass is 233 g/mol. The van der Waals surface area contributed by atoms with Crippen molar-refractivity contribution in [3.63, 3.8) is 0 Å². The van der Waals surface area contributed by atoms with E-state index in [1.165, 1.54) is 0 Å². The molecule has 59 valence electrons. The molecule has 6 heteroatoms. The molecule has 0 aromatic rings. The van der Waals surface area contributed by atoms with Gasteiger partial charge in [-0.1, -0.05) is 0 Å². The average molecular weight is 233 g/mol. The Balaban J connectivity index is 0. The molecule has 0 amide bonds. The third kappa shape index (κ3) is 4.92. The molecule has 0 aliphatic heterocycles. The Morgan fingerprint density at radius 1 is 1.55 bits per heavy atom. The maximum Gasteiger partial charge on any atom is 0.276 e. The van der Waals surface area contributed by atoms with Crippen LogP contribution in [-0.4, -0.2) is 29.7 Å². The standard InChI is InChI=1S/C5H6NO4.Y/c1-3(7)4(5(8)9)6-10-2;/h1H2,2H3,(H,8,9);/q-1;/b6-4-;. The fourth-order valence-corrected chi connectivity index (χ4v) is 0.301. The van der Waals surface area contributed by atoms with E-state index < -0.39 is 17.5 Å². The molecule has 0 heterocycles. The first kappa shape index (κ1) is 13.2. The van der Waals surface area contributed by atoms with Gasteiger partial charge in [-0.05, 0) is 0 Å². The van der Waals surface area contributed by atoms with E-state index in [1.807, 2.05) is 0 Å². The zero-order chi connectivity index (χ0) is 8.15. The summed E-state index contributed by atoms with van der Waals surface area (Å²) in [6.45, 7) is 2.85. The van der Waals surface area contributed by atoms with Gasteiger partial charge in [0.2, 0.25) is 0 Å². The van der Waals surface area contributed by atoms with E-state index in [2.05, 4.69) is 16.9 Å². The van der Waals surface area contributed by atoms with E-state index in [-0.39, 0.29) is 32.7 Å². The van der Waals surface area contributed by atoms with E-state index in [4.69, 9.17) is 5.11 Å². The van der Waals surface area contributed by atoms with Crippen LogP contribution >= 0.6 is 0 Å². The number of carbonyl (C=O) groups is 2. The second-order valence-electron chi connectivity index (χ2n) is 1.35. The molecular formula is C5H6NO4Y-. The van der Waals surface area contributed by atoms with Crippen molar-refractivity contribution in [1.29, 1.82) is 0 Å². The molecule has 0 rings (SSSR count). The van der Waals surface area contributed by atoms with E-state index in [0.717, 1.165) is 7.11 Å². The summed E-state index contributed by atoms with van der Waals surface area (Å²) in [5.74, 6) is -2.32.